The van der Waals surface area contributed by atoms with Crippen molar-refractivity contribution in [2.45, 2.75) is 24.1 Å². The van der Waals surface area contributed by atoms with Crippen molar-refractivity contribution < 1.29 is 23.8 Å². The van der Waals surface area contributed by atoms with Gasteiger partial charge in [0.15, 0.2) is 32.8 Å². The number of nitrogens with zero attached hydrogens (tertiary/aromatic N) is 1. The van der Waals surface area contributed by atoms with Crippen molar-refractivity contribution in [3.8, 4) is 11.5 Å². The Morgan fingerprint density at radius 1 is 1.22 bits per heavy atom. The van der Waals surface area contributed by atoms with E-state index in [0.29, 0.717) is 17.9 Å². The number of methoxy groups -OCH3 is 1. The molecule has 32 heavy (non-hydrogen) atoms. The predicted molar refractivity (Wildman–Crippen MR) is 125 cm³/mol. The summed E-state index contributed by atoms with van der Waals surface area (Å²) in [4.78, 5) is 30.9. The molecule has 3 aromatic rings. The Labute approximate surface area is 191 Å². The van der Waals surface area contributed by atoms with E-state index in [-0.39, 0.29) is 11.8 Å². The zero-order chi connectivity index (χ0) is 22.6. The number of hydrogen-bond donors (Lipinski definition) is 1. The molecule has 2 atom stereocenters. The highest BCUT2D eigenvalue weighted by Crippen LogP contribution is 2.45. The second-order valence-corrected chi connectivity index (χ2v) is 8.72. The summed E-state index contributed by atoms with van der Waals surface area (Å²) in [5.74, 6) is 0.132. The number of hydrogen-bond acceptors (Lipinski definition) is 5. The van der Waals surface area contributed by atoms with Crippen LogP contribution in [0.25, 0.3) is 10.9 Å². The topological polar surface area (TPSA) is 80.9 Å². The van der Waals surface area contributed by atoms with Crippen molar-refractivity contribution in [3.63, 3.8) is 0 Å². The largest absolute Gasteiger partial charge is 0.467 e. The molecule has 2 aliphatic heterocycles. The maximum atomic E-state index is 13.1. The molecule has 2 aliphatic rings. The molecule has 0 saturated carbocycles. The molecule has 162 valence electrons. The fraction of sp³-hybridized carbons (Fsp3) is 0.273. The molecule has 1 amide bonds. The molecular weight excluding hydrogens is 429 g/mol. The Bertz CT molecular complexity index is 1240. The molecule has 0 radical (unpaired) electrons. The highest BCUT2D eigenvalue weighted by Gasteiger charge is 2.44. The van der Waals surface area contributed by atoms with Gasteiger partial charge in [-0.3, -0.25) is 4.79 Å². The predicted octanol–water partition coefficient (Wildman–Crippen LogP) is 1.07. The molecule has 1 aromatic heterocycles. The fourth-order valence-electron chi connectivity index (χ4n) is 4.74. The van der Waals surface area contributed by atoms with Crippen molar-refractivity contribution in [2.24, 2.45) is 0 Å². The normalized spacial score (nSPS) is 20.8. The minimum atomic E-state index is -0.801. The molecule has 1 N–H and O–H groups in total. The van der Waals surface area contributed by atoms with Gasteiger partial charge in [-0.25, -0.2) is 4.79 Å². The number of ether oxygens (including phenoxy) is 3. The van der Waals surface area contributed by atoms with Gasteiger partial charge < -0.3 is 24.1 Å². The molecule has 0 aliphatic carbocycles. The molecule has 5 rings (SSSR count). The summed E-state index contributed by atoms with van der Waals surface area (Å²) in [5.41, 5.74) is 2.78. The molecule has 7 nitrogen and oxygen atoms in total. The van der Waals surface area contributed by atoms with Gasteiger partial charge in [0.25, 0.3) is 0 Å². The molecular formula is C22H21B2ClN2O5. The number of halogens is 1. The number of esters is 1. The molecule has 0 fully saturated rings. The van der Waals surface area contributed by atoms with E-state index in [9.17, 15) is 9.59 Å². The quantitative estimate of drug-likeness (QED) is 0.367. The fourth-order valence-corrected chi connectivity index (χ4v) is 4.88. The van der Waals surface area contributed by atoms with Gasteiger partial charge in [-0.05, 0) is 29.3 Å². The van der Waals surface area contributed by atoms with E-state index in [1.807, 2.05) is 58.2 Å². The number of fused-ring (bicyclic) bond motifs is 4. The van der Waals surface area contributed by atoms with E-state index in [0.717, 1.165) is 27.7 Å². The average Bonchev–Trinajstić information content (AvgIpc) is 3.31. The Kier molecular flexibility index (Phi) is 4.89. The SMILES string of the molecule is BC1(B)Oc2ccc([C@@H]3c4[nH]c5ccccc5c4C[C@H](C(=O)OC)N3C(=O)CCl)cc2O1. The lowest BCUT2D eigenvalue weighted by atomic mass is 9.76. The number of H-pyrrole nitrogens is 1. The van der Waals surface area contributed by atoms with Crippen LogP contribution in [0.2, 0.25) is 0 Å². The molecule has 0 spiro atoms. The van der Waals surface area contributed by atoms with Crippen LogP contribution in [0.1, 0.15) is 22.9 Å². The maximum absolute atomic E-state index is 13.1. The Hall–Kier alpha value is -3.06. The Morgan fingerprint density at radius 3 is 2.72 bits per heavy atom. The lowest BCUT2D eigenvalue weighted by Crippen LogP contribution is -2.52. The van der Waals surface area contributed by atoms with E-state index in [4.69, 9.17) is 25.8 Å². The second-order valence-electron chi connectivity index (χ2n) is 8.45. The monoisotopic (exact) mass is 450 g/mol. The van der Waals surface area contributed by atoms with Gasteiger partial charge in [0.05, 0.1) is 13.2 Å². The first-order chi connectivity index (χ1) is 15.3. The first-order valence-electron chi connectivity index (χ1n) is 10.4. The van der Waals surface area contributed by atoms with Crippen molar-refractivity contribution in [3.05, 3.63) is 59.3 Å². The molecule has 0 bridgehead atoms. The molecule has 0 unspecified atom stereocenters. The number of rotatable bonds is 3. The van der Waals surface area contributed by atoms with E-state index in [1.165, 1.54) is 12.0 Å². The summed E-state index contributed by atoms with van der Waals surface area (Å²) >= 11 is 5.99. The third kappa shape index (κ3) is 3.23. The number of aromatic amines is 1. The highest BCUT2D eigenvalue weighted by molar-refractivity contribution is 6.38. The molecule has 3 heterocycles. The number of aromatic nitrogens is 1. The minimum Gasteiger partial charge on any atom is -0.467 e. The first kappa shape index (κ1) is 20.8. The second kappa shape index (κ2) is 7.52. The van der Waals surface area contributed by atoms with Crippen LogP contribution in [0.4, 0.5) is 0 Å². The summed E-state index contributed by atoms with van der Waals surface area (Å²) in [6.07, 6.45) is 0.336. The Morgan fingerprint density at radius 2 is 1.97 bits per heavy atom. The van der Waals surface area contributed by atoms with Crippen LogP contribution in [-0.4, -0.2) is 62.1 Å². The van der Waals surface area contributed by atoms with Gasteiger partial charge in [-0.2, -0.15) is 0 Å². The van der Waals surface area contributed by atoms with Gasteiger partial charge in [-0.1, -0.05) is 24.3 Å². The van der Waals surface area contributed by atoms with Crippen LogP contribution < -0.4 is 9.47 Å². The molecule has 10 heteroatoms. The van der Waals surface area contributed by atoms with Crippen LogP contribution in [0.3, 0.4) is 0 Å². The number of alkyl halides is 1. The number of carbonyl (C=O) groups is 2. The first-order valence-corrected chi connectivity index (χ1v) is 10.9. The van der Waals surface area contributed by atoms with Crippen molar-refractivity contribution in [1.29, 1.82) is 0 Å². The van der Waals surface area contributed by atoms with Crippen LogP contribution in [0, 0.1) is 0 Å². The highest BCUT2D eigenvalue weighted by atomic mass is 35.5. The summed E-state index contributed by atoms with van der Waals surface area (Å²) in [6, 6.07) is 12.1. The van der Waals surface area contributed by atoms with Crippen LogP contribution in [0.5, 0.6) is 11.5 Å². The Balaban J connectivity index is 1.72. The lowest BCUT2D eigenvalue weighted by Gasteiger charge is -2.40. The van der Waals surface area contributed by atoms with Gasteiger partial charge in [0, 0.05) is 23.0 Å². The number of carbonyl (C=O) groups excluding carboxylic acids is 2. The number of nitrogens with one attached hydrogen (secondary N) is 1. The standard InChI is InChI=1S/C22H21B2ClN2O5/c1-30-21(29)15-9-13-12-4-2-3-5-14(12)26-19(13)20(27(15)18(28)10-25)11-6-7-16-17(8-11)32-22(23,24)31-16/h2-8,15,20,26H,9-10,23-24H2,1H3/t15-,20-/m1/s1. The zero-order valence-corrected chi connectivity index (χ0v) is 18.7. The summed E-state index contributed by atoms with van der Waals surface area (Å²) < 4.78 is 16.8. The number of benzene rings is 2. The minimum absolute atomic E-state index is 0.253. The molecule has 2 aromatic carbocycles. The third-order valence-corrected chi connectivity index (χ3v) is 6.23. The van der Waals surface area contributed by atoms with Gasteiger partial charge >= 0.3 is 5.97 Å². The zero-order valence-electron chi connectivity index (χ0n) is 18.0. The van der Waals surface area contributed by atoms with E-state index >= 15 is 0 Å². The van der Waals surface area contributed by atoms with E-state index < -0.39 is 23.6 Å². The lowest BCUT2D eigenvalue weighted by molar-refractivity contribution is -0.154. The van der Waals surface area contributed by atoms with Gasteiger partial charge in [0.2, 0.25) is 5.91 Å². The average molecular weight is 450 g/mol. The third-order valence-electron chi connectivity index (χ3n) is 6.00. The maximum Gasteiger partial charge on any atom is 0.328 e. The van der Waals surface area contributed by atoms with Crippen molar-refractivity contribution >= 4 is 50.1 Å². The summed E-state index contributed by atoms with van der Waals surface area (Å²) in [5, 5.41) is 1.02. The summed E-state index contributed by atoms with van der Waals surface area (Å²) in [6.45, 7) is 0. The van der Waals surface area contributed by atoms with Crippen LogP contribution in [0.15, 0.2) is 42.5 Å². The van der Waals surface area contributed by atoms with E-state index in [1.54, 1.807) is 0 Å². The number of para-hydroxylation sites is 1. The van der Waals surface area contributed by atoms with Crippen LogP contribution in [-0.2, 0) is 20.7 Å². The van der Waals surface area contributed by atoms with Gasteiger partial charge in [-0.15, -0.1) is 11.6 Å². The number of amides is 1. The van der Waals surface area contributed by atoms with Crippen molar-refractivity contribution in [2.75, 3.05) is 13.0 Å². The van der Waals surface area contributed by atoms with Gasteiger partial charge in [0.1, 0.15) is 11.9 Å². The summed E-state index contributed by atoms with van der Waals surface area (Å²) in [7, 11) is 4.99. The van der Waals surface area contributed by atoms with Crippen molar-refractivity contribution in [1.82, 2.24) is 9.88 Å². The molecule has 0 saturated heterocycles. The van der Waals surface area contributed by atoms with Crippen LogP contribution >= 0.6 is 11.6 Å². The van der Waals surface area contributed by atoms with E-state index in [2.05, 4.69) is 4.98 Å². The smallest absolute Gasteiger partial charge is 0.328 e.